The lowest BCUT2D eigenvalue weighted by atomic mass is 9.96. The molecule has 19 heavy (non-hydrogen) atoms. The van der Waals surface area contributed by atoms with Crippen molar-refractivity contribution in [3.8, 4) is 0 Å². The van der Waals surface area contributed by atoms with Crippen LogP contribution in [0.1, 0.15) is 23.2 Å². The van der Waals surface area contributed by atoms with Crippen LogP contribution in [0.3, 0.4) is 0 Å². The Morgan fingerprint density at radius 1 is 1.47 bits per heavy atom. The van der Waals surface area contributed by atoms with E-state index in [1.54, 1.807) is 4.90 Å². The van der Waals surface area contributed by atoms with Crippen molar-refractivity contribution in [2.45, 2.75) is 12.8 Å². The zero-order chi connectivity index (χ0) is 13.8. The molecule has 5 heteroatoms. The third kappa shape index (κ3) is 3.50. The predicted octanol–water partition coefficient (Wildman–Crippen LogP) is 1.63. The van der Waals surface area contributed by atoms with Crippen molar-refractivity contribution < 1.29 is 9.18 Å². The van der Waals surface area contributed by atoms with E-state index in [2.05, 4.69) is 24.0 Å². The van der Waals surface area contributed by atoms with Crippen molar-refractivity contribution in [1.29, 1.82) is 0 Å². The molecule has 1 saturated heterocycles. The van der Waals surface area contributed by atoms with Crippen LogP contribution in [0.25, 0.3) is 0 Å². The third-order valence-electron chi connectivity index (χ3n) is 3.53. The number of amides is 1. The topological polar surface area (TPSA) is 36.4 Å². The lowest BCUT2D eigenvalue weighted by Gasteiger charge is -2.33. The molecule has 1 aromatic heterocycles. The molecule has 0 radical (unpaired) electrons. The maximum Gasteiger partial charge on any atom is 0.256 e. The van der Waals surface area contributed by atoms with E-state index >= 15 is 0 Å². The SMILES string of the molecule is CN(C)CC1CCN(C(=O)c2ccncc2F)CC1. The van der Waals surface area contributed by atoms with E-state index < -0.39 is 5.82 Å². The van der Waals surface area contributed by atoms with Crippen molar-refractivity contribution in [3.05, 3.63) is 29.8 Å². The fourth-order valence-corrected chi connectivity index (χ4v) is 2.55. The molecule has 0 aliphatic carbocycles. The number of carbonyl (C=O) groups is 1. The van der Waals surface area contributed by atoms with Crippen LogP contribution >= 0.6 is 0 Å². The highest BCUT2D eigenvalue weighted by Crippen LogP contribution is 2.20. The zero-order valence-corrected chi connectivity index (χ0v) is 11.5. The summed E-state index contributed by atoms with van der Waals surface area (Å²) in [5.41, 5.74) is 0.126. The van der Waals surface area contributed by atoms with Crippen molar-refractivity contribution in [2.75, 3.05) is 33.7 Å². The Bertz CT molecular complexity index is 442. The average Bonchev–Trinajstić information content (AvgIpc) is 2.39. The predicted molar refractivity (Wildman–Crippen MR) is 71.4 cm³/mol. The third-order valence-corrected chi connectivity index (χ3v) is 3.53. The zero-order valence-electron chi connectivity index (χ0n) is 11.5. The molecule has 0 spiro atoms. The quantitative estimate of drug-likeness (QED) is 0.833. The van der Waals surface area contributed by atoms with Crippen molar-refractivity contribution in [3.63, 3.8) is 0 Å². The van der Waals surface area contributed by atoms with Gasteiger partial charge in [-0.15, -0.1) is 0 Å². The largest absolute Gasteiger partial charge is 0.339 e. The molecule has 1 aliphatic rings. The van der Waals surface area contributed by atoms with Gasteiger partial charge in [-0.2, -0.15) is 0 Å². The Balaban J connectivity index is 1.95. The number of likely N-dealkylation sites (tertiary alicyclic amines) is 1. The minimum absolute atomic E-state index is 0.126. The van der Waals surface area contributed by atoms with Gasteiger partial charge >= 0.3 is 0 Å². The van der Waals surface area contributed by atoms with Gasteiger partial charge in [0.05, 0.1) is 11.8 Å². The number of halogens is 1. The molecule has 0 saturated carbocycles. The van der Waals surface area contributed by atoms with Crippen LogP contribution in [0, 0.1) is 11.7 Å². The maximum atomic E-state index is 13.5. The van der Waals surface area contributed by atoms with Gasteiger partial charge in [0, 0.05) is 25.8 Å². The Kier molecular flexibility index (Phi) is 4.47. The van der Waals surface area contributed by atoms with Crippen LogP contribution in [0.15, 0.2) is 18.5 Å². The Morgan fingerprint density at radius 3 is 2.74 bits per heavy atom. The second-order valence-corrected chi connectivity index (χ2v) is 5.35. The van der Waals surface area contributed by atoms with Crippen molar-refractivity contribution >= 4 is 5.91 Å². The first-order valence-electron chi connectivity index (χ1n) is 6.61. The van der Waals surface area contributed by atoms with Crippen LogP contribution in [-0.2, 0) is 0 Å². The van der Waals surface area contributed by atoms with Gasteiger partial charge in [-0.1, -0.05) is 0 Å². The molecule has 1 aromatic rings. The van der Waals surface area contributed by atoms with E-state index in [-0.39, 0.29) is 11.5 Å². The molecule has 1 aliphatic heterocycles. The summed E-state index contributed by atoms with van der Waals surface area (Å²) in [5.74, 6) is -0.132. The standard InChI is InChI=1S/C14H20FN3O/c1-17(2)10-11-4-7-18(8-5-11)14(19)12-3-6-16-9-13(12)15/h3,6,9,11H,4-5,7-8,10H2,1-2H3. The Labute approximate surface area is 113 Å². The molecular formula is C14H20FN3O. The summed E-state index contributed by atoms with van der Waals surface area (Å²) in [5, 5.41) is 0. The van der Waals surface area contributed by atoms with Gasteiger partial charge in [0.2, 0.25) is 0 Å². The van der Waals surface area contributed by atoms with Crippen molar-refractivity contribution in [2.24, 2.45) is 5.92 Å². The maximum absolute atomic E-state index is 13.5. The normalized spacial score (nSPS) is 16.9. The molecule has 0 N–H and O–H groups in total. The molecule has 0 atom stereocenters. The number of pyridine rings is 1. The fourth-order valence-electron chi connectivity index (χ4n) is 2.55. The average molecular weight is 265 g/mol. The lowest BCUT2D eigenvalue weighted by molar-refractivity contribution is 0.0673. The fraction of sp³-hybridized carbons (Fsp3) is 0.571. The summed E-state index contributed by atoms with van der Waals surface area (Å²) >= 11 is 0. The molecule has 4 nitrogen and oxygen atoms in total. The molecule has 2 rings (SSSR count). The first-order valence-corrected chi connectivity index (χ1v) is 6.61. The Morgan fingerprint density at radius 2 is 2.16 bits per heavy atom. The highest BCUT2D eigenvalue weighted by molar-refractivity contribution is 5.94. The summed E-state index contributed by atoms with van der Waals surface area (Å²) < 4.78 is 13.5. The van der Waals surface area contributed by atoms with Gasteiger partial charge < -0.3 is 9.80 Å². The first-order chi connectivity index (χ1) is 9.08. The minimum Gasteiger partial charge on any atom is -0.339 e. The second-order valence-electron chi connectivity index (χ2n) is 5.35. The highest BCUT2D eigenvalue weighted by Gasteiger charge is 2.25. The summed E-state index contributed by atoms with van der Waals surface area (Å²) in [7, 11) is 4.12. The van der Waals surface area contributed by atoms with Crippen LogP contribution in [-0.4, -0.2) is 54.4 Å². The van der Waals surface area contributed by atoms with Crippen molar-refractivity contribution in [1.82, 2.24) is 14.8 Å². The van der Waals surface area contributed by atoms with E-state index in [0.717, 1.165) is 25.6 Å². The smallest absolute Gasteiger partial charge is 0.256 e. The van der Waals surface area contributed by atoms with Gasteiger partial charge in [-0.3, -0.25) is 9.78 Å². The molecule has 2 heterocycles. The van der Waals surface area contributed by atoms with E-state index in [9.17, 15) is 9.18 Å². The Hall–Kier alpha value is -1.49. The molecule has 1 amide bonds. The van der Waals surface area contributed by atoms with E-state index in [0.29, 0.717) is 19.0 Å². The number of aromatic nitrogens is 1. The summed E-state index contributed by atoms with van der Waals surface area (Å²) in [4.78, 5) is 19.8. The lowest BCUT2D eigenvalue weighted by Crippen LogP contribution is -2.40. The second kappa shape index (κ2) is 6.10. The van der Waals surface area contributed by atoms with Gasteiger partial charge in [0.15, 0.2) is 5.82 Å². The summed E-state index contributed by atoms with van der Waals surface area (Å²) in [6.45, 7) is 2.46. The number of hydrogen-bond acceptors (Lipinski definition) is 3. The van der Waals surface area contributed by atoms with Crippen LogP contribution in [0.2, 0.25) is 0 Å². The number of piperidine rings is 1. The summed E-state index contributed by atoms with van der Waals surface area (Å²) in [6, 6.07) is 1.45. The number of hydrogen-bond donors (Lipinski definition) is 0. The van der Waals surface area contributed by atoms with Crippen LogP contribution in [0.4, 0.5) is 4.39 Å². The van der Waals surface area contributed by atoms with Crippen LogP contribution < -0.4 is 0 Å². The van der Waals surface area contributed by atoms with Gasteiger partial charge in [0.25, 0.3) is 5.91 Å². The summed E-state index contributed by atoms with van der Waals surface area (Å²) in [6.07, 6.45) is 4.51. The molecule has 0 bridgehead atoms. The molecule has 0 aromatic carbocycles. The van der Waals surface area contributed by atoms with Gasteiger partial charge in [-0.25, -0.2) is 4.39 Å². The van der Waals surface area contributed by atoms with Gasteiger partial charge in [-0.05, 0) is 38.9 Å². The van der Waals surface area contributed by atoms with Crippen LogP contribution in [0.5, 0.6) is 0 Å². The number of nitrogens with zero attached hydrogens (tertiary/aromatic N) is 3. The van der Waals surface area contributed by atoms with E-state index in [1.165, 1.54) is 12.3 Å². The number of carbonyl (C=O) groups excluding carboxylic acids is 1. The van der Waals surface area contributed by atoms with Gasteiger partial charge in [0.1, 0.15) is 0 Å². The van der Waals surface area contributed by atoms with E-state index in [1.807, 2.05) is 0 Å². The van der Waals surface area contributed by atoms with E-state index in [4.69, 9.17) is 0 Å². The molecule has 0 unspecified atom stereocenters. The molecule has 1 fully saturated rings. The molecular weight excluding hydrogens is 245 g/mol. The minimum atomic E-state index is -0.539. The number of rotatable bonds is 3. The first kappa shape index (κ1) is 13.9. The highest BCUT2D eigenvalue weighted by atomic mass is 19.1. The molecule has 104 valence electrons. The monoisotopic (exact) mass is 265 g/mol.